The van der Waals surface area contributed by atoms with Gasteiger partial charge in [-0.3, -0.25) is 9.78 Å². The summed E-state index contributed by atoms with van der Waals surface area (Å²) in [4.78, 5) is 18.6. The highest BCUT2D eigenvalue weighted by Crippen LogP contribution is 2.26. The van der Waals surface area contributed by atoms with Crippen molar-refractivity contribution in [2.24, 2.45) is 0 Å². The van der Waals surface area contributed by atoms with Crippen molar-refractivity contribution in [3.05, 3.63) is 65.5 Å². The first-order chi connectivity index (χ1) is 11.0. The summed E-state index contributed by atoms with van der Waals surface area (Å²) in [6.07, 6.45) is 4.59. The molecule has 0 N–H and O–H groups in total. The van der Waals surface area contributed by atoms with E-state index in [0.29, 0.717) is 13.1 Å². The van der Waals surface area contributed by atoms with Gasteiger partial charge in [-0.05, 0) is 54.2 Å². The van der Waals surface area contributed by atoms with Gasteiger partial charge in [-0.2, -0.15) is 0 Å². The lowest BCUT2D eigenvalue weighted by molar-refractivity contribution is 0.0752. The molecular formula is C20H26N2O. The minimum atomic E-state index is 0.0742. The molecule has 0 saturated heterocycles. The van der Waals surface area contributed by atoms with Gasteiger partial charge in [-0.15, -0.1) is 0 Å². The van der Waals surface area contributed by atoms with Gasteiger partial charge >= 0.3 is 0 Å². The van der Waals surface area contributed by atoms with Crippen molar-refractivity contribution in [2.45, 2.75) is 46.1 Å². The molecule has 2 aromatic rings. The topological polar surface area (TPSA) is 33.2 Å². The summed E-state index contributed by atoms with van der Waals surface area (Å²) in [5.41, 5.74) is 3.26. The second-order valence-corrected chi connectivity index (χ2v) is 6.49. The van der Waals surface area contributed by atoms with E-state index >= 15 is 0 Å². The maximum absolute atomic E-state index is 12.7. The molecule has 0 aliphatic rings. The number of hydrogen-bond acceptors (Lipinski definition) is 2. The zero-order valence-corrected chi connectivity index (χ0v) is 14.5. The fourth-order valence-electron chi connectivity index (χ4n) is 2.49. The number of aromatic nitrogens is 1. The molecule has 1 aromatic heterocycles. The quantitative estimate of drug-likeness (QED) is 0.790. The molecule has 0 aliphatic carbocycles. The highest BCUT2D eigenvalue weighted by molar-refractivity contribution is 5.94. The Kier molecular flexibility index (Phi) is 5.54. The van der Waals surface area contributed by atoms with Gasteiger partial charge < -0.3 is 4.90 Å². The van der Waals surface area contributed by atoms with Gasteiger partial charge in [-0.25, -0.2) is 0 Å². The number of benzene rings is 1. The smallest absolute Gasteiger partial charge is 0.254 e. The van der Waals surface area contributed by atoms with Crippen molar-refractivity contribution in [3.63, 3.8) is 0 Å². The fraction of sp³-hybridized carbons (Fsp3) is 0.400. The van der Waals surface area contributed by atoms with Crippen molar-refractivity contribution >= 4 is 5.91 Å². The summed E-state index contributed by atoms with van der Waals surface area (Å²) in [6.45, 7) is 9.95. The van der Waals surface area contributed by atoms with Crippen LogP contribution in [-0.4, -0.2) is 22.3 Å². The van der Waals surface area contributed by atoms with Crippen LogP contribution in [0.4, 0.5) is 0 Å². The van der Waals surface area contributed by atoms with Crippen LogP contribution in [0.15, 0.2) is 48.8 Å². The molecule has 23 heavy (non-hydrogen) atoms. The van der Waals surface area contributed by atoms with Crippen LogP contribution in [0.1, 0.15) is 55.6 Å². The second-order valence-electron chi connectivity index (χ2n) is 6.49. The van der Waals surface area contributed by atoms with E-state index in [0.717, 1.165) is 17.5 Å². The molecule has 3 heteroatoms. The summed E-state index contributed by atoms with van der Waals surface area (Å²) in [7, 11) is 0. The molecule has 0 radical (unpaired) electrons. The van der Waals surface area contributed by atoms with Crippen molar-refractivity contribution < 1.29 is 4.79 Å². The predicted molar refractivity (Wildman–Crippen MR) is 94.4 cm³/mol. The van der Waals surface area contributed by atoms with Gasteiger partial charge in [0.2, 0.25) is 0 Å². The Morgan fingerprint density at radius 2 is 1.65 bits per heavy atom. The maximum Gasteiger partial charge on any atom is 0.254 e. The van der Waals surface area contributed by atoms with E-state index in [1.54, 1.807) is 12.4 Å². The summed E-state index contributed by atoms with van der Waals surface area (Å²) in [6, 6.07) is 12.0. The van der Waals surface area contributed by atoms with Crippen LogP contribution in [0.2, 0.25) is 0 Å². The molecule has 3 nitrogen and oxygen atoms in total. The van der Waals surface area contributed by atoms with Crippen LogP contribution >= 0.6 is 0 Å². The standard InChI is InChI=1S/C20H26N2O/c1-5-20(3,4)18-9-7-17(8-10-18)19(23)22(6-2)15-16-11-13-21-14-12-16/h7-14H,5-6,15H2,1-4H3. The summed E-state index contributed by atoms with van der Waals surface area (Å²) in [5, 5.41) is 0. The Morgan fingerprint density at radius 3 is 2.17 bits per heavy atom. The van der Waals surface area contributed by atoms with Crippen molar-refractivity contribution in [2.75, 3.05) is 6.54 Å². The van der Waals surface area contributed by atoms with E-state index in [-0.39, 0.29) is 11.3 Å². The Labute approximate surface area is 139 Å². The normalized spacial score (nSPS) is 11.3. The Morgan fingerprint density at radius 1 is 1.04 bits per heavy atom. The summed E-state index contributed by atoms with van der Waals surface area (Å²) < 4.78 is 0. The molecule has 0 atom stereocenters. The van der Waals surface area contributed by atoms with Crippen LogP contribution in [0.3, 0.4) is 0 Å². The maximum atomic E-state index is 12.7. The molecule has 1 amide bonds. The van der Waals surface area contributed by atoms with Crippen molar-refractivity contribution in [3.8, 4) is 0 Å². The molecule has 0 aliphatic heterocycles. The molecule has 2 rings (SSSR count). The summed E-state index contributed by atoms with van der Waals surface area (Å²) in [5.74, 6) is 0.0742. The lowest BCUT2D eigenvalue weighted by atomic mass is 9.82. The number of nitrogens with zero attached hydrogens (tertiary/aromatic N) is 2. The molecule has 0 bridgehead atoms. The highest BCUT2D eigenvalue weighted by atomic mass is 16.2. The molecular weight excluding hydrogens is 284 g/mol. The Balaban J connectivity index is 2.15. The van der Waals surface area contributed by atoms with Gasteiger partial charge in [-0.1, -0.05) is 32.9 Å². The average Bonchev–Trinajstić information content (AvgIpc) is 2.60. The molecule has 1 heterocycles. The van der Waals surface area contributed by atoms with Gasteiger partial charge in [0.05, 0.1) is 0 Å². The molecule has 122 valence electrons. The molecule has 0 spiro atoms. The number of carbonyl (C=O) groups excluding carboxylic acids is 1. The minimum Gasteiger partial charge on any atom is -0.335 e. The summed E-state index contributed by atoms with van der Waals surface area (Å²) >= 11 is 0. The zero-order valence-electron chi connectivity index (χ0n) is 14.5. The number of amides is 1. The van der Waals surface area contributed by atoms with Crippen molar-refractivity contribution in [1.29, 1.82) is 0 Å². The van der Waals surface area contributed by atoms with Crippen LogP contribution in [-0.2, 0) is 12.0 Å². The lowest BCUT2D eigenvalue weighted by Gasteiger charge is -2.24. The van der Waals surface area contributed by atoms with E-state index in [1.165, 1.54) is 5.56 Å². The van der Waals surface area contributed by atoms with Crippen LogP contribution in [0, 0.1) is 0 Å². The van der Waals surface area contributed by atoms with Gasteiger partial charge in [0.1, 0.15) is 0 Å². The largest absolute Gasteiger partial charge is 0.335 e. The number of pyridine rings is 1. The third kappa shape index (κ3) is 4.19. The highest BCUT2D eigenvalue weighted by Gasteiger charge is 2.19. The molecule has 0 saturated carbocycles. The first kappa shape index (κ1) is 17.2. The third-order valence-electron chi connectivity index (χ3n) is 4.59. The predicted octanol–water partition coefficient (Wildman–Crippen LogP) is 4.43. The lowest BCUT2D eigenvalue weighted by Crippen LogP contribution is -2.30. The van der Waals surface area contributed by atoms with Crippen LogP contribution in [0.25, 0.3) is 0 Å². The fourth-order valence-corrected chi connectivity index (χ4v) is 2.49. The monoisotopic (exact) mass is 310 g/mol. The van der Waals surface area contributed by atoms with E-state index in [9.17, 15) is 4.79 Å². The molecule has 0 unspecified atom stereocenters. The zero-order chi connectivity index (χ0) is 16.9. The van der Waals surface area contributed by atoms with Crippen LogP contribution in [0.5, 0.6) is 0 Å². The van der Waals surface area contributed by atoms with Crippen LogP contribution < -0.4 is 0 Å². The number of hydrogen-bond donors (Lipinski definition) is 0. The van der Waals surface area contributed by atoms with E-state index < -0.39 is 0 Å². The number of carbonyl (C=O) groups is 1. The minimum absolute atomic E-state index is 0.0742. The molecule has 1 aromatic carbocycles. The van der Waals surface area contributed by atoms with Gasteiger partial charge in [0.25, 0.3) is 5.91 Å². The third-order valence-corrected chi connectivity index (χ3v) is 4.59. The second kappa shape index (κ2) is 7.40. The van der Waals surface area contributed by atoms with E-state index in [4.69, 9.17) is 0 Å². The Hall–Kier alpha value is -2.16. The Bertz CT molecular complexity index is 632. The first-order valence-corrected chi connectivity index (χ1v) is 8.26. The van der Waals surface area contributed by atoms with E-state index in [1.807, 2.05) is 36.1 Å². The van der Waals surface area contributed by atoms with Gasteiger partial charge in [0.15, 0.2) is 0 Å². The first-order valence-electron chi connectivity index (χ1n) is 8.26. The molecule has 0 fully saturated rings. The average molecular weight is 310 g/mol. The van der Waals surface area contributed by atoms with E-state index in [2.05, 4.69) is 37.9 Å². The number of rotatable bonds is 6. The SMILES string of the molecule is CCN(Cc1ccncc1)C(=O)c1ccc(C(C)(C)CC)cc1. The van der Waals surface area contributed by atoms with Crippen molar-refractivity contribution in [1.82, 2.24) is 9.88 Å². The van der Waals surface area contributed by atoms with Gasteiger partial charge in [0, 0.05) is 31.0 Å².